The summed E-state index contributed by atoms with van der Waals surface area (Å²) >= 11 is 0. The molecule has 1 nitrogen and oxygen atoms in total. The van der Waals surface area contributed by atoms with E-state index in [0.717, 1.165) is 18.4 Å². The van der Waals surface area contributed by atoms with Crippen molar-refractivity contribution in [3.05, 3.63) is 35.9 Å². The van der Waals surface area contributed by atoms with E-state index in [9.17, 15) is 0 Å². The quantitative estimate of drug-likeness (QED) is 0.727. The van der Waals surface area contributed by atoms with Gasteiger partial charge in [-0.1, -0.05) is 43.7 Å². The fourth-order valence-electron chi connectivity index (χ4n) is 2.25. The Morgan fingerprint density at radius 2 is 2.00 bits per heavy atom. The van der Waals surface area contributed by atoms with Crippen LogP contribution in [0.5, 0.6) is 0 Å². The van der Waals surface area contributed by atoms with E-state index < -0.39 is 0 Å². The van der Waals surface area contributed by atoms with Crippen LogP contribution in [0.4, 0.5) is 0 Å². The van der Waals surface area contributed by atoms with Crippen molar-refractivity contribution in [3.63, 3.8) is 0 Å². The van der Waals surface area contributed by atoms with Crippen molar-refractivity contribution in [3.8, 4) is 0 Å². The molecule has 2 rings (SSSR count). The molecule has 1 fully saturated rings. The molecular weight excluding hydrogens is 158 g/mol. The molecule has 70 valence electrons. The van der Waals surface area contributed by atoms with E-state index in [2.05, 4.69) is 42.6 Å². The molecule has 0 saturated carbocycles. The molecule has 1 aromatic rings. The zero-order valence-electron chi connectivity index (χ0n) is 8.16. The summed E-state index contributed by atoms with van der Waals surface area (Å²) in [5.74, 6) is 1.58. The number of rotatable bonds is 2. The van der Waals surface area contributed by atoms with Gasteiger partial charge in [-0.2, -0.15) is 0 Å². The van der Waals surface area contributed by atoms with Gasteiger partial charge in [-0.25, -0.2) is 0 Å². The lowest BCUT2D eigenvalue weighted by Crippen LogP contribution is -2.08. The number of nitrogens with one attached hydrogen (secondary N) is 1. The maximum Gasteiger partial charge on any atom is 0.00234 e. The van der Waals surface area contributed by atoms with Gasteiger partial charge in [0.25, 0.3) is 0 Å². The molecule has 1 aliphatic rings. The third kappa shape index (κ3) is 1.75. The third-order valence-electron chi connectivity index (χ3n) is 3.09. The van der Waals surface area contributed by atoms with Crippen molar-refractivity contribution in [2.75, 3.05) is 13.1 Å². The second-order valence-corrected chi connectivity index (χ2v) is 3.84. The Balaban J connectivity index is 2.16. The molecule has 1 aliphatic heterocycles. The van der Waals surface area contributed by atoms with Crippen LogP contribution in [0.2, 0.25) is 0 Å². The molecule has 1 aromatic carbocycles. The van der Waals surface area contributed by atoms with Gasteiger partial charge in [-0.3, -0.25) is 0 Å². The Morgan fingerprint density at radius 3 is 2.69 bits per heavy atom. The summed E-state index contributed by atoms with van der Waals surface area (Å²) < 4.78 is 0. The smallest absolute Gasteiger partial charge is 0.00234 e. The van der Waals surface area contributed by atoms with Crippen molar-refractivity contribution in [2.45, 2.75) is 19.3 Å². The Bertz CT molecular complexity index is 255. The average molecular weight is 175 g/mol. The fourth-order valence-corrected chi connectivity index (χ4v) is 2.25. The van der Waals surface area contributed by atoms with Crippen LogP contribution >= 0.6 is 0 Å². The van der Waals surface area contributed by atoms with E-state index in [4.69, 9.17) is 0 Å². The molecule has 0 aromatic heterocycles. The highest BCUT2D eigenvalue weighted by Gasteiger charge is 2.26. The first kappa shape index (κ1) is 8.76. The number of benzene rings is 1. The van der Waals surface area contributed by atoms with Crippen LogP contribution in [0.15, 0.2) is 30.3 Å². The van der Waals surface area contributed by atoms with Crippen molar-refractivity contribution < 1.29 is 0 Å². The van der Waals surface area contributed by atoms with Crippen molar-refractivity contribution in [1.29, 1.82) is 0 Å². The highest BCUT2D eigenvalue weighted by Crippen LogP contribution is 2.29. The molecular formula is C12H17N. The van der Waals surface area contributed by atoms with Crippen molar-refractivity contribution in [1.82, 2.24) is 5.32 Å². The second kappa shape index (κ2) is 3.93. The molecule has 0 amide bonds. The van der Waals surface area contributed by atoms with Gasteiger partial charge in [0.1, 0.15) is 0 Å². The lowest BCUT2D eigenvalue weighted by molar-refractivity contribution is 0.503. The van der Waals surface area contributed by atoms with Gasteiger partial charge in [-0.05, 0) is 18.0 Å². The van der Waals surface area contributed by atoms with Gasteiger partial charge in [0.2, 0.25) is 0 Å². The normalized spacial score (nSPS) is 27.8. The largest absolute Gasteiger partial charge is 0.316 e. The first-order valence-electron chi connectivity index (χ1n) is 5.17. The maximum atomic E-state index is 3.47. The lowest BCUT2D eigenvalue weighted by Gasteiger charge is -2.16. The summed E-state index contributed by atoms with van der Waals surface area (Å²) in [7, 11) is 0. The van der Waals surface area contributed by atoms with Gasteiger partial charge in [0, 0.05) is 12.5 Å². The van der Waals surface area contributed by atoms with Gasteiger partial charge < -0.3 is 5.32 Å². The van der Waals surface area contributed by atoms with Crippen LogP contribution in [-0.4, -0.2) is 13.1 Å². The molecule has 1 heterocycles. The van der Waals surface area contributed by atoms with Crippen LogP contribution in [0.1, 0.15) is 24.8 Å². The molecule has 1 N–H and O–H groups in total. The van der Waals surface area contributed by atoms with Crippen LogP contribution < -0.4 is 5.32 Å². The second-order valence-electron chi connectivity index (χ2n) is 3.84. The Kier molecular flexibility index (Phi) is 2.65. The summed E-state index contributed by atoms with van der Waals surface area (Å²) in [6.07, 6.45) is 1.28. The highest BCUT2D eigenvalue weighted by atomic mass is 14.9. The first-order valence-corrected chi connectivity index (χ1v) is 5.17. The summed E-state index contributed by atoms with van der Waals surface area (Å²) in [5, 5.41) is 3.47. The molecule has 2 atom stereocenters. The summed E-state index contributed by atoms with van der Waals surface area (Å²) in [6.45, 7) is 4.63. The molecule has 0 bridgehead atoms. The number of hydrogen-bond donors (Lipinski definition) is 1. The Hall–Kier alpha value is -0.820. The third-order valence-corrected chi connectivity index (χ3v) is 3.09. The predicted octanol–water partition coefficient (Wildman–Crippen LogP) is 2.40. The molecule has 0 aliphatic carbocycles. The molecule has 1 heteroatoms. The highest BCUT2D eigenvalue weighted by molar-refractivity contribution is 5.22. The van der Waals surface area contributed by atoms with Crippen LogP contribution in [0, 0.1) is 5.92 Å². The summed E-state index contributed by atoms with van der Waals surface area (Å²) in [6, 6.07) is 10.9. The summed E-state index contributed by atoms with van der Waals surface area (Å²) in [5.41, 5.74) is 1.50. The van der Waals surface area contributed by atoms with E-state index in [1.165, 1.54) is 18.5 Å². The van der Waals surface area contributed by atoms with Gasteiger partial charge in [0.05, 0.1) is 0 Å². The SMILES string of the molecule is CC[C@H]1CNC[C@@H]1c1ccccc1. The minimum Gasteiger partial charge on any atom is -0.316 e. The first-order chi connectivity index (χ1) is 6.42. The average Bonchev–Trinajstić information content (AvgIpc) is 2.67. The zero-order chi connectivity index (χ0) is 9.10. The number of hydrogen-bond acceptors (Lipinski definition) is 1. The molecule has 13 heavy (non-hydrogen) atoms. The van der Waals surface area contributed by atoms with Crippen LogP contribution in [0.3, 0.4) is 0 Å². The monoisotopic (exact) mass is 175 g/mol. The topological polar surface area (TPSA) is 12.0 Å². The van der Waals surface area contributed by atoms with Crippen molar-refractivity contribution in [2.24, 2.45) is 5.92 Å². The zero-order valence-corrected chi connectivity index (χ0v) is 8.16. The van der Waals surface area contributed by atoms with E-state index in [-0.39, 0.29) is 0 Å². The van der Waals surface area contributed by atoms with E-state index in [0.29, 0.717) is 0 Å². The molecule has 0 spiro atoms. The maximum absolute atomic E-state index is 3.47. The van der Waals surface area contributed by atoms with Gasteiger partial charge in [0.15, 0.2) is 0 Å². The molecule has 0 unspecified atom stereocenters. The lowest BCUT2D eigenvalue weighted by atomic mass is 9.87. The van der Waals surface area contributed by atoms with E-state index in [1.807, 2.05) is 0 Å². The Morgan fingerprint density at radius 1 is 1.23 bits per heavy atom. The minimum absolute atomic E-state index is 0.742. The van der Waals surface area contributed by atoms with Gasteiger partial charge >= 0.3 is 0 Å². The molecule has 0 radical (unpaired) electrons. The molecule has 1 saturated heterocycles. The van der Waals surface area contributed by atoms with E-state index in [1.54, 1.807) is 0 Å². The summed E-state index contributed by atoms with van der Waals surface area (Å²) in [4.78, 5) is 0. The van der Waals surface area contributed by atoms with Crippen LogP contribution in [0.25, 0.3) is 0 Å². The predicted molar refractivity (Wildman–Crippen MR) is 55.8 cm³/mol. The van der Waals surface area contributed by atoms with Crippen molar-refractivity contribution >= 4 is 0 Å². The standard InChI is InChI=1S/C12H17N/c1-2-10-8-13-9-12(10)11-6-4-3-5-7-11/h3-7,10,12-13H,2,8-9H2,1H3/t10-,12-/m0/s1. The fraction of sp³-hybridized carbons (Fsp3) is 0.500. The van der Waals surface area contributed by atoms with E-state index >= 15 is 0 Å². The van der Waals surface area contributed by atoms with Gasteiger partial charge in [-0.15, -0.1) is 0 Å². The minimum atomic E-state index is 0.742. The Labute approximate surface area is 80.2 Å². The van der Waals surface area contributed by atoms with Crippen LogP contribution in [-0.2, 0) is 0 Å².